The third kappa shape index (κ3) is 4.32. The van der Waals surface area contributed by atoms with Gasteiger partial charge in [0, 0.05) is 56.2 Å². The highest BCUT2D eigenvalue weighted by Crippen LogP contribution is 2.33. The number of nitrogens with zero attached hydrogens (tertiary/aromatic N) is 7. The Morgan fingerprint density at radius 1 is 1.11 bits per heavy atom. The lowest BCUT2D eigenvalue weighted by Crippen LogP contribution is -2.45. The van der Waals surface area contributed by atoms with Crippen LogP contribution in [-0.2, 0) is 6.54 Å². The molecule has 4 heterocycles. The van der Waals surface area contributed by atoms with Gasteiger partial charge in [0.15, 0.2) is 0 Å². The van der Waals surface area contributed by atoms with Crippen molar-refractivity contribution < 1.29 is 4.39 Å². The maximum Gasteiger partial charge on any atom is 0.225 e. The Bertz CT molecular complexity index is 1390. The second-order valence-corrected chi connectivity index (χ2v) is 8.83. The van der Waals surface area contributed by atoms with E-state index < -0.39 is 5.82 Å². The number of nitrogens with one attached hydrogen (secondary N) is 2. The van der Waals surface area contributed by atoms with Crippen LogP contribution >= 0.6 is 0 Å². The van der Waals surface area contributed by atoms with E-state index in [1.54, 1.807) is 18.5 Å². The Labute approximate surface area is 202 Å². The molecule has 0 amide bonds. The summed E-state index contributed by atoms with van der Waals surface area (Å²) >= 11 is 0. The molecule has 0 saturated carbocycles. The second kappa shape index (κ2) is 9.37. The van der Waals surface area contributed by atoms with Gasteiger partial charge >= 0.3 is 0 Å². The smallest absolute Gasteiger partial charge is 0.225 e. The van der Waals surface area contributed by atoms with E-state index >= 15 is 4.39 Å². The molecule has 0 radical (unpaired) electrons. The lowest BCUT2D eigenvalue weighted by molar-refractivity contribution is 0.311. The first-order chi connectivity index (χ1) is 17.0. The number of H-pyrrole nitrogens is 1. The summed E-state index contributed by atoms with van der Waals surface area (Å²) in [6.07, 6.45) is 3.46. The van der Waals surface area contributed by atoms with E-state index in [1.165, 1.54) is 6.07 Å². The maximum absolute atomic E-state index is 15.2. The Hall–Kier alpha value is -3.94. The first-order valence-corrected chi connectivity index (χ1v) is 11.5. The van der Waals surface area contributed by atoms with E-state index in [4.69, 9.17) is 4.98 Å². The fourth-order valence-corrected chi connectivity index (χ4v) is 4.46. The van der Waals surface area contributed by atoms with Crippen molar-refractivity contribution >= 4 is 17.0 Å². The zero-order valence-corrected chi connectivity index (χ0v) is 19.9. The molecule has 1 fully saturated rings. The summed E-state index contributed by atoms with van der Waals surface area (Å²) in [7, 11) is 3.92. The number of aryl methyl sites for hydroxylation is 1. The van der Waals surface area contributed by atoms with Gasteiger partial charge in [0.05, 0.1) is 16.8 Å². The van der Waals surface area contributed by atoms with Gasteiger partial charge < -0.3 is 15.1 Å². The minimum absolute atomic E-state index is 0.276. The van der Waals surface area contributed by atoms with Crippen LogP contribution in [0.15, 0.2) is 30.6 Å². The van der Waals surface area contributed by atoms with Gasteiger partial charge in [-0.05, 0) is 44.3 Å². The number of likely N-dealkylation sites (N-methyl/N-ethyl adjacent to an activating group) is 1. The summed E-state index contributed by atoms with van der Waals surface area (Å²) in [4.78, 5) is 18.3. The summed E-state index contributed by atoms with van der Waals surface area (Å²) in [5.41, 5.74) is 4.80. The molecule has 35 heavy (non-hydrogen) atoms. The highest BCUT2D eigenvalue weighted by molar-refractivity contribution is 5.92. The molecular formula is C25H26FN9. The molecule has 5 rings (SSSR count). The number of fused-ring (bicyclic) bond motifs is 1. The van der Waals surface area contributed by atoms with Gasteiger partial charge in [-0.25, -0.2) is 19.3 Å². The van der Waals surface area contributed by atoms with E-state index in [2.05, 4.69) is 48.4 Å². The molecule has 0 aliphatic carbocycles. The molecule has 4 aromatic rings. The van der Waals surface area contributed by atoms with Crippen LogP contribution in [0.4, 0.5) is 10.3 Å². The Morgan fingerprint density at radius 3 is 2.51 bits per heavy atom. The molecule has 10 heteroatoms. The Kier molecular flexibility index (Phi) is 6.11. The number of pyridine rings is 1. The summed E-state index contributed by atoms with van der Waals surface area (Å²) in [5.74, 6) is 0.268. The van der Waals surface area contributed by atoms with Crippen LogP contribution in [0.1, 0.15) is 16.7 Å². The molecule has 0 atom stereocenters. The average molecular weight is 472 g/mol. The van der Waals surface area contributed by atoms with Crippen LogP contribution in [-0.4, -0.2) is 70.3 Å². The number of nitriles is 1. The zero-order chi connectivity index (χ0) is 24.5. The van der Waals surface area contributed by atoms with Gasteiger partial charge in [0.25, 0.3) is 0 Å². The van der Waals surface area contributed by atoms with Crippen molar-refractivity contribution in [3.63, 3.8) is 0 Å². The van der Waals surface area contributed by atoms with E-state index in [-0.39, 0.29) is 5.56 Å². The van der Waals surface area contributed by atoms with E-state index in [0.717, 1.165) is 31.7 Å². The molecule has 0 spiro atoms. The monoisotopic (exact) mass is 471 g/mol. The fourth-order valence-electron chi connectivity index (χ4n) is 4.46. The highest BCUT2D eigenvalue weighted by Gasteiger charge is 2.21. The molecule has 9 nitrogen and oxygen atoms in total. The molecule has 2 N–H and O–H groups in total. The Balaban J connectivity index is 1.55. The first-order valence-electron chi connectivity index (χ1n) is 11.5. The number of rotatable bonds is 5. The van der Waals surface area contributed by atoms with Gasteiger partial charge in [-0.15, -0.1) is 0 Å². The lowest BCUT2D eigenvalue weighted by atomic mass is 9.98. The maximum atomic E-state index is 15.2. The average Bonchev–Trinajstić information content (AvgIpc) is 3.27. The number of piperazine rings is 1. The standard InChI is InChI=1S/C25H26FN9/c1-15-8-16(12-28-2)9-19(26)21(15)22-17(11-27)10-20-24(31-22)23(33-32-20)18-13-29-25(30-14-18)35-6-4-34(3)5-7-35/h8-10,13-14,28H,4-7,12H2,1-3H3,(H,32,33). The van der Waals surface area contributed by atoms with E-state index in [9.17, 15) is 5.26 Å². The number of hydrogen-bond acceptors (Lipinski definition) is 8. The van der Waals surface area contributed by atoms with E-state index in [1.807, 2.05) is 20.0 Å². The highest BCUT2D eigenvalue weighted by atomic mass is 19.1. The van der Waals surface area contributed by atoms with Crippen molar-refractivity contribution in [1.82, 2.24) is 35.4 Å². The number of aromatic amines is 1. The fraction of sp³-hybridized carbons (Fsp3) is 0.320. The number of hydrogen-bond donors (Lipinski definition) is 2. The SMILES string of the molecule is CNCc1cc(C)c(-c2nc3c(-c4cnc(N5CCN(C)CC5)nc4)n[nH]c3cc2C#N)c(F)c1. The summed E-state index contributed by atoms with van der Waals surface area (Å²) in [5, 5.41) is 20.2. The van der Waals surface area contributed by atoms with Crippen molar-refractivity contribution in [3.05, 3.63) is 53.1 Å². The van der Waals surface area contributed by atoms with Crippen molar-refractivity contribution in [2.45, 2.75) is 13.5 Å². The number of benzene rings is 1. The number of halogens is 1. The largest absolute Gasteiger partial charge is 0.338 e. The zero-order valence-electron chi connectivity index (χ0n) is 19.9. The molecule has 1 aliphatic heterocycles. The van der Waals surface area contributed by atoms with Crippen LogP contribution in [0.25, 0.3) is 33.5 Å². The van der Waals surface area contributed by atoms with Crippen molar-refractivity contribution in [2.75, 3.05) is 45.2 Å². The lowest BCUT2D eigenvalue weighted by Gasteiger charge is -2.32. The third-order valence-corrected chi connectivity index (χ3v) is 6.32. The second-order valence-electron chi connectivity index (χ2n) is 8.83. The van der Waals surface area contributed by atoms with Gasteiger partial charge in [-0.2, -0.15) is 10.4 Å². The minimum atomic E-state index is -0.413. The molecule has 3 aromatic heterocycles. The number of aromatic nitrogens is 5. The predicted octanol–water partition coefficient (Wildman–Crippen LogP) is 2.87. The third-order valence-electron chi connectivity index (χ3n) is 6.32. The quantitative estimate of drug-likeness (QED) is 0.457. The molecule has 178 valence electrons. The topological polar surface area (TPSA) is 110 Å². The predicted molar refractivity (Wildman–Crippen MR) is 132 cm³/mol. The van der Waals surface area contributed by atoms with Crippen LogP contribution in [0.2, 0.25) is 0 Å². The molecule has 0 bridgehead atoms. The molecule has 1 aliphatic rings. The van der Waals surface area contributed by atoms with Crippen molar-refractivity contribution in [2.24, 2.45) is 0 Å². The van der Waals surface area contributed by atoms with Crippen LogP contribution in [0.5, 0.6) is 0 Å². The molecule has 1 aromatic carbocycles. The Morgan fingerprint density at radius 2 is 1.86 bits per heavy atom. The van der Waals surface area contributed by atoms with Crippen LogP contribution in [0.3, 0.4) is 0 Å². The van der Waals surface area contributed by atoms with Crippen LogP contribution < -0.4 is 10.2 Å². The van der Waals surface area contributed by atoms with Crippen LogP contribution in [0, 0.1) is 24.1 Å². The first kappa shape index (κ1) is 22.8. The van der Waals surface area contributed by atoms with E-state index in [0.29, 0.717) is 51.6 Å². The summed E-state index contributed by atoms with van der Waals surface area (Å²) < 4.78 is 15.2. The molecule has 0 unspecified atom stereocenters. The summed E-state index contributed by atoms with van der Waals surface area (Å²) in [6, 6.07) is 7.20. The minimum Gasteiger partial charge on any atom is -0.338 e. The van der Waals surface area contributed by atoms with Gasteiger partial charge in [0.2, 0.25) is 5.95 Å². The molecular weight excluding hydrogens is 445 g/mol. The van der Waals surface area contributed by atoms with Crippen molar-refractivity contribution in [3.8, 4) is 28.6 Å². The van der Waals surface area contributed by atoms with Gasteiger partial charge in [0.1, 0.15) is 23.1 Å². The van der Waals surface area contributed by atoms with Crippen molar-refractivity contribution in [1.29, 1.82) is 5.26 Å². The van der Waals surface area contributed by atoms with Gasteiger partial charge in [-0.1, -0.05) is 6.07 Å². The normalized spacial score (nSPS) is 14.4. The summed E-state index contributed by atoms with van der Waals surface area (Å²) in [6.45, 7) is 6.06. The van der Waals surface area contributed by atoms with Gasteiger partial charge in [-0.3, -0.25) is 5.10 Å². The molecule has 1 saturated heterocycles. The number of anilines is 1.